The van der Waals surface area contributed by atoms with Crippen LogP contribution in [0.5, 0.6) is 11.5 Å². The van der Waals surface area contributed by atoms with Gasteiger partial charge >= 0.3 is 5.97 Å². The van der Waals surface area contributed by atoms with E-state index < -0.39 is 11.9 Å². The van der Waals surface area contributed by atoms with Gasteiger partial charge in [-0.15, -0.1) is 0 Å². The van der Waals surface area contributed by atoms with E-state index in [2.05, 4.69) is 25.8 Å². The maximum Gasteiger partial charge on any atom is 0.304 e. The Labute approximate surface area is 226 Å². The minimum atomic E-state index is -0.961. The van der Waals surface area contributed by atoms with Gasteiger partial charge in [0.2, 0.25) is 5.91 Å². The Morgan fingerprint density at radius 3 is 2.63 bits per heavy atom. The summed E-state index contributed by atoms with van der Waals surface area (Å²) in [6, 6.07) is 9.66. The Bertz CT molecular complexity index is 1060. The highest BCUT2D eigenvalue weighted by Gasteiger charge is 2.31. The quantitative estimate of drug-likeness (QED) is 0.349. The summed E-state index contributed by atoms with van der Waals surface area (Å²) in [6.07, 6.45) is 5.60. The minimum Gasteiger partial charge on any atom is -0.497 e. The molecule has 0 saturated heterocycles. The van der Waals surface area contributed by atoms with E-state index >= 15 is 0 Å². The number of nitrogens with zero attached hydrogens (tertiary/aromatic N) is 2. The first-order valence-electron chi connectivity index (χ1n) is 13.5. The van der Waals surface area contributed by atoms with Crippen LogP contribution in [0.3, 0.4) is 0 Å². The van der Waals surface area contributed by atoms with E-state index in [9.17, 15) is 14.7 Å². The number of carboxylic acid groups (broad SMARTS) is 1. The first-order chi connectivity index (χ1) is 18.1. The van der Waals surface area contributed by atoms with Gasteiger partial charge in [-0.05, 0) is 66.8 Å². The number of carboxylic acids is 1. The van der Waals surface area contributed by atoms with Crippen LogP contribution in [0.15, 0.2) is 36.5 Å². The molecular formula is C30H42N2O6. The third kappa shape index (κ3) is 9.63. The van der Waals surface area contributed by atoms with Crippen molar-refractivity contribution in [3.63, 3.8) is 0 Å². The zero-order valence-electron chi connectivity index (χ0n) is 23.2. The van der Waals surface area contributed by atoms with Crippen molar-refractivity contribution in [3.8, 4) is 11.5 Å². The number of benzene rings is 1. The zero-order chi connectivity index (χ0) is 27.5. The van der Waals surface area contributed by atoms with E-state index in [0.717, 1.165) is 54.0 Å². The van der Waals surface area contributed by atoms with E-state index in [1.54, 1.807) is 18.2 Å². The number of carbonyl (C=O) groups is 2. The summed E-state index contributed by atoms with van der Waals surface area (Å²) in [6.45, 7) is 8.99. The molecule has 1 amide bonds. The molecule has 1 atom stereocenters. The van der Waals surface area contributed by atoms with E-state index in [-0.39, 0.29) is 17.7 Å². The predicted molar refractivity (Wildman–Crippen MR) is 145 cm³/mol. The van der Waals surface area contributed by atoms with Gasteiger partial charge in [0, 0.05) is 37.7 Å². The highest BCUT2D eigenvalue weighted by atomic mass is 16.5. The van der Waals surface area contributed by atoms with Gasteiger partial charge < -0.3 is 24.2 Å². The normalized spacial score (nSPS) is 15.6. The first-order valence-corrected chi connectivity index (χ1v) is 13.5. The fourth-order valence-electron chi connectivity index (χ4n) is 4.47. The summed E-state index contributed by atoms with van der Waals surface area (Å²) in [4.78, 5) is 30.8. The lowest BCUT2D eigenvalue weighted by Gasteiger charge is -2.24. The monoisotopic (exact) mass is 526 g/mol. The van der Waals surface area contributed by atoms with Crippen LogP contribution in [0.2, 0.25) is 0 Å². The SMILES string of the molecule is COc1ccnc(CCCCOc2ccc3c(c2)CN(CCOCCC(C)(C)C)C(=O)[C@H](CC(=O)O)C3)c1. The Morgan fingerprint density at radius 2 is 1.89 bits per heavy atom. The number of methoxy groups -OCH3 is 1. The molecule has 208 valence electrons. The maximum absolute atomic E-state index is 13.2. The van der Waals surface area contributed by atoms with Gasteiger partial charge in [-0.2, -0.15) is 0 Å². The standard InChI is InChI=1S/C30H42N2O6/c1-30(2,3)11-15-37-16-13-32-21-24-18-27(9-8-22(24)17-23(29(32)35)19-28(33)34)38-14-6-5-7-25-20-26(36-4)10-12-31-25/h8-10,12,18,20,23H,5-7,11,13-17,19,21H2,1-4H3,(H,33,34)/t23-/m0/s1. The smallest absolute Gasteiger partial charge is 0.304 e. The number of unbranched alkanes of at least 4 members (excludes halogenated alkanes) is 1. The molecule has 1 aromatic heterocycles. The number of pyridine rings is 1. The van der Waals surface area contributed by atoms with E-state index in [0.29, 0.717) is 39.3 Å². The van der Waals surface area contributed by atoms with Gasteiger partial charge in [0.25, 0.3) is 0 Å². The van der Waals surface area contributed by atoms with E-state index in [4.69, 9.17) is 14.2 Å². The number of carbonyl (C=O) groups excluding carboxylic acids is 1. The molecular weight excluding hydrogens is 484 g/mol. The molecule has 3 rings (SSSR count). The summed E-state index contributed by atoms with van der Waals surface area (Å²) in [7, 11) is 1.65. The van der Waals surface area contributed by atoms with Gasteiger partial charge in [-0.25, -0.2) is 0 Å². The summed E-state index contributed by atoms with van der Waals surface area (Å²) in [5.74, 6) is -0.103. The van der Waals surface area contributed by atoms with Gasteiger partial charge in [-0.1, -0.05) is 26.8 Å². The number of hydrogen-bond donors (Lipinski definition) is 1. The van der Waals surface area contributed by atoms with Crippen molar-refractivity contribution in [1.82, 2.24) is 9.88 Å². The van der Waals surface area contributed by atoms with E-state index in [1.807, 2.05) is 30.3 Å². The van der Waals surface area contributed by atoms with Gasteiger partial charge in [0.05, 0.1) is 32.7 Å². The molecule has 8 heteroatoms. The molecule has 0 unspecified atom stereocenters. The van der Waals surface area contributed by atoms with Crippen molar-refractivity contribution in [2.75, 3.05) is 33.5 Å². The number of amides is 1. The Morgan fingerprint density at radius 1 is 1.08 bits per heavy atom. The van der Waals surface area contributed by atoms with Crippen molar-refractivity contribution in [1.29, 1.82) is 0 Å². The molecule has 0 aliphatic carbocycles. The van der Waals surface area contributed by atoms with Crippen LogP contribution in [0, 0.1) is 11.3 Å². The molecule has 1 aliphatic rings. The summed E-state index contributed by atoms with van der Waals surface area (Å²) in [5.41, 5.74) is 3.18. The summed E-state index contributed by atoms with van der Waals surface area (Å²) in [5, 5.41) is 9.39. The maximum atomic E-state index is 13.2. The summed E-state index contributed by atoms with van der Waals surface area (Å²) < 4.78 is 17.1. The van der Waals surface area contributed by atoms with Crippen molar-refractivity contribution in [2.45, 2.75) is 65.8 Å². The number of fused-ring (bicyclic) bond motifs is 1. The third-order valence-electron chi connectivity index (χ3n) is 6.71. The molecule has 1 aliphatic heterocycles. The zero-order valence-corrected chi connectivity index (χ0v) is 23.2. The minimum absolute atomic E-state index is 0.128. The topological polar surface area (TPSA) is 98.2 Å². The molecule has 2 heterocycles. The lowest BCUT2D eigenvalue weighted by Crippen LogP contribution is -2.37. The van der Waals surface area contributed by atoms with Gasteiger partial charge in [0.15, 0.2) is 0 Å². The van der Waals surface area contributed by atoms with Crippen LogP contribution in [-0.4, -0.2) is 60.3 Å². The molecule has 1 aromatic carbocycles. The van der Waals surface area contributed by atoms with Crippen LogP contribution in [-0.2, 0) is 33.7 Å². The van der Waals surface area contributed by atoms with Gasteiger partial charge in [0.1, 0.15) is 11.5 Å². The van der Waals surface area contributed by atoms with Crippen molar-refractivity contribution >= 4 is 11.9 Å². The number of aryl methyl sites for hydroxylation is 1. The van der Waals surface area contributed by atoms with Crippen LogP contribution in [0.1, 0.15) is 63.3 Å². The van der Waals surface area contributed by atoms with Gasteiger partial charge in [-0.3, -0.25) is 14.6 Å². The van der Waals surface area contributed by atoms with Crippen LogP contribution < -0.4 is 9.47 Å². The van der Waals surface area contributed by atoms with Crippen molar-refractivity contribution < 1.29 is 28.9 Å². The second-order valence-electron chi connectivity index (χ2n) is 11.1. The number of aromatic nitrogens is 1. The lowest BCUT2D eigenvalue weighted by molar-refractivity contribution is -0.145. The largest absolute Gasteiger partial charge is 0.497 e. The van der Waals surface area contributed by atoms with Crippen molar-refractivity contribution in [3.05, 3.63) is 53.3 Å². The molecule has 38 heavy (non-hydrogen) atoms. The molecule has 8 nitrogen and oxygen atoms in total. The Kier molecular flexibility index (Phi) is 11.0. The molecule has 0 spiro atoms. The Hall–Kier alpha value is -3.13. The van der Waals surface area contributed by atoms with Crippen molar-refractivity contribution in [2.24, 2.45) is 11.3 Å². The van der Waals surface area contributed by atoms with Crippen LogP contribution in [0.25, 0.3) is 0 Å². The van der Waals surface area contributed by atoms with Crippen LogP contribution >= 0.6 is 0 Å². The fraction of sp³-hybridized carbons (Fsp3) is 0.567. The molecule has 0 fully saturated rings. The Balaban J connectivity index is 1.57. The number of ether oxygens (including phenoxy) is 3. The molecule has 2 aromatic rings. The fourth-order valence-corrected chi connectivity index (χ4v) is 4.47. The molecule has 0 radical (unpaired) electrons. The average Bonchev–Trinajstić information content (AvgIpc) is 2.99. The second-order valence-corrected chi connectivity index (χ2v) is 11.1. The average molecular weight is 527 g/mol. The number of rotatable bonds is 14. The highest BCUT2D eigenvalue weighted by molar-refractivity contribution is 5.84. The van der Waals surface area contributed by atoms with E-state index in [1.165, 1.54) is 0 Å². The summed E-state index contributed by atoms with van der Waals surface area (Å²) >= 11 is 0. The number of hydrogen-bond acceptors (Lipinski definition) is 6. The second kappa shape index (κ2) is 14.1. The highest BCUT2D eigenvalue weighted by Crippen LogP contribution is 2.28. The molecule has 0 bridgehead atoms. The third-order valence-corrected chi connectivity index (χ3v) is 6.71. The number of aliphatic carboxylic acids is 1. The predicted octanol–water partition coefficient (Wildman–Crippen LogP) is 4.92. The molecule has 0 saturated carbocycles. The van der Waals surface area contributed by atoms with Crippen LogP contribution in [0.4, 0.5) is 0 Å². The first kappa shape index (κ1) is 29.4. The lowest BCUT2D eigenvalue weighted by atomic mass is 9.93. The molecule has 1 N–H and O–H groups in total.